The van der Waals surface area contributed by atoms with Gasteiger partial charge in [-0.05, 0) is 30.5 Å². The normalized spacial score (nSPS) is 10.8. The Kier molecular flexibility index (Phi) is 3.73. The molecule has 0 radical (unpaired) electrons. The smallest absolute Gasteiger partial charge is 0.0894 e. The number of aryl methyl sites for hydroxylation is 1. The van der Waals surface area contributed by atoms with Gasteiger partial charge in [-0.2, -0.15) is 0 Å². The van der Waals surface area contributed by atoms with Crippen LogP contribution in [0.4, 0.5) is 0 Å². The lowest BCUT2D eigenvalue weighted by Gasteiger charge is -2.04. The molecular weight excluding hydrogens is 244 g/mol. The summed E-state index contributed by atoms with van der Waals surface area (Å²) in [6.45, 7) is 2.22. The molecule has 1 heterocycles. The number of hydrogen-bond donors (Lipinski definition) is 0. The summed E-state index contributed by atoms with van der Waals surface area (Å²) in [6, 6.07) is 16.6. The van der Waals surface area contributed by atoms with Gasteiger partial charge in [0.1, 0.15) is 0 Å². The number of nitrogens with zero attached hydrogens (tertiary/aromatic N) is 2. The molecule has 0 spiro atoms. The van der Waals surface area contributed by atoms with Crippen LogP contribution in [0.1, 0.15) is 25.3 Å². The Bertz CT molecular complexity index is 702. The maximum atomic E-state index is 4.67. The molecule has 100 valence electrons. The lowest BCUT2D eigenvalue weighted by molar-refractivity contribution is 0.795. The minimum atomic E-state index is 0.936. The van der Waals surface area contributed by atoms with Crippen molar-refractivity contribution in [1.82, 2.24) is 9.97 Å². The first kappa shape index (κ1) is 12.8. The second-order valence-corrected chi connectivity index (χ2v) is 5.04. The van der Waals surface area contributed by atoms with E-state index in [0.717, 1.165) is 28.7 Å². The van der Waals surface area contributed by atoms with E-state index < -0.39 is 0 Å². The molecular formula is C18H18N2. The molecule has 3 aromatic rings. The van der Waals surface area contributed by atoms with E-state index in [1.165, 1.54) is 18.4 Å². The Labute approximate surface area is 119 Å². The number of unbranched alkanes of at least 4 members (excludes halogenated alkanes) is 1. The van der Waals surface area contributed by atoms with Gasteiger partial charge in [0.05, 0.1) is 22.9 Å². The molecule has 0 saturated heterocycles. The fourth-order valence-corrected chi connectivity index (χ4v) is 2.32. The molecule has 0 aliphatic carbocycles. The number of aromatic nitrogens is 2. The largest absolute Gasteiger partial charge is 0.252 e. The molecule has 2 aromatic carbocycles. The third-order valence-corrected chi connectivity index (χ3v) is 3.52. The quantitative estimate of drug-likeness (QED) is 0.684. The first-order valence-corrected chi connectivity index (χ1v) is 7.18. The zero-order valence-electron chi connectivity index (χ0n) is 11.7. The number of fused-ring (bicyclic) bond motifs is 1. The van der Waals surface area contributed by atoms with E-state index in [1.807, 2.05) is 30.5 Å². The van der Waals surface area contributed by atoms with Crippen molar-refractivity contribution in [2.75, 3.05) is 0 Å². The van der Waals surface area contributed by atoms with Gasteiger partial charge in [0.25, 0.3) is 0 Å². The number of benzene rings is 2. The zero-order valence-corrected chi connectivity index (χ0v) is 11.7. The van der Waals surface area contributed by atoms with Gasteiger partial charge in [-0.15, -0.1) is 0 Å². The average molecular weight is 262 g/mol. The van der Waals surface area contributed by atoms with Crippen LogP contribution in [-0.4, -0.2) is 9.97 Å². The lowest BCUT2D eigenvalue weighted by atomic mass is 10.1. The fraction of sp³-hybridized carbons (Fsp3) is 0.222. The highest BCUT2D eigenvalue weighted by Gasteiger charge is 2.02. The van der Waals surface area contributed by atoms with Crippen LogP contribution in [0.15, 0.2) is 54.7 Å². The summed E-state index contributed by atoms with van der Waals surface area (Å²) in [5.74, 6) is 0. The molecule has 0 N–H and O–H groups in total. The summed E-state index contributed by atoms with van der Waals surface area (Å²) in [5, 5.41) is 0. The van der Waals surface area contributed by atoms with Gasteiger partial charge in [0.2, 0.25) is 0 Å². The van der Waals surface area contributed by atoms with E-state index in [2.05, 4.69) is 41.2 Å². The van der Waals surface area contributed by atoms with E-state index >= 15 is 0 Å². The monoisotopic (exact) mass is 262 g/mol. The van der Waals surface area contributed by atoms with Crippen LogP contribution in [0.2, 0.25) is 0 Å². The first-order valence-electron chi connectivity index (χ1n) is 7.18. The number of rotatable bonds is 4. The van der Waals surface area contributed by atoms with E-state index in [0.29, 0.717) is 0 Å². The van der Waals surface area contributed by atoms with Crippen molar-refractivity contribution >= 4 is 11.0 Å². The van der Waals surface area contributed by atoms with Gasteiger partial charge >= 0.3 is 0 Å². The number of hydrogen-bond acceptors (Lipinski definition) is 2. The Balaban J connectivity index is 1.90. The lowest BCUT2D eigenvalue weighted by Crippen LogP contribution is -1.89. The van der Waals surface area contributed by atoms with Gasteiger partial charge in [-0.3, -0.25) is 4.98 Å². The fourth-order valence-electron chi connectivity index (χ4n) is 2.32. The minimum absolute atomic E-state index is 0.936. The molecule has 1 aromatic heterocycles. The van der Waals surface area contributed by atoms with Gasteiger partial charge in [0, 0.05) is 5.56 Å². The SMILES string of the molecule is CCCCc1ccc(-c2cnc3ccccc3n2)cc1. The van der Waals surface area contributed by atoms with Crippen molar-refractivity contribution in [3.8, 4) is 11.3 Å². The molecule has 0 unspecified atom stereocenters. The topological polar surface area (TPSA) is 25.8 Å². The Morgan fingerprint density at radius 1 is 0.900 bits per heavy atom. The van der Waals surface area contributed by atoms with E-state index in [4.69, 9.17) is 0 Å². The molecule has 0 aliphatic rings. The molecule has 2 nitrogen and oxygen atoms in total. The summed E-state index contributed by atoms with van der Waals surface area (Å²) in [4.78, 5) is 9.14. The third-order valence-electron chi connectivity index (χ3n) is 3.52. The van der Waals surface area contributed by atoms with E-state index in [9.17, 15) is 0 Å². The highest BCUT2D eigenvalue weighted by molar-refractivity contribution is 5.76. The van der Waals surface area contributed by atoms with Gasteiger partial charge in [0.15, 0.2) is 0 Å². The maximum absolute atomic E-state index is 4.67. The van der Waals surface area contributed by atoms with Crippen molar-refractivity contribution in [2.45, 2.75) is 26.2 Å². The van der Waals surface area contributed by atoms with Crippen LogP contribution >= 0.6 is 0 Å². The molecule has 0 atom stereocenters. The second kappa shape index (κ2) is 5.83. The molecule has 20 heavy (non-hydrogen) atoms. The van der Waals surface area contributed by atoms with Crippen LogP contribution in [-0.2, 0) is 6.42 Å². The van der Waals surface area contributed by atoms with E-state index in [-0.39, 0.29) is 0 Å². The predicted octanol–water partition coefficient (Wildman–Crippen LogP) is 4.64. The Hall–Kier alpha value is -2.22. The molecule has 0 amide bonds. The zero-order chi connectivity index (χ0) is 13.8. The number of para-hydroxylation sites is 2. The van der Waals surface area contributed by atoms with Gasteiger partial charge < -0.3 is 0 Å². The Morgan fingerprint density at radius 3 is 2.40 bits per heavy atom. The van der Waals surface area contributed by atoms with Crippen LogP contribution < -0.4 is 0 Å². The summed E-state index contributed by atoms with van der Waals surface area (Å²) in [6.07, 6.45) is 5.48. The van der Waals surface area contributed by atoms with Gasteiger partial charge in [-0.1, -0.05) is 49.7 Å². The summed E-state index contributed by atoms with van der Waals surface area (Å²) in [7, 11) is 0. The molecule has 0 fully saturated rings. The molecule has 0 saturated carbocycles. The highest BCUT2D eigenvalue weighted by Crippen LogP contribution is 2.20. The van der Waals surface area contributed by atoms with Gasteiger partial charge in [-0.25, -0.2) is 4.98 Å². The van der Waals surface area contributed by atoms with Crippen LogP contribution in [0.5, 0.6) is 0 Å². The van der Waals surface area contributed by atoms with Crippen molar-refractivity contribution in [1.29, 1.82) is 0 Å². The highest BCUT2D eigenvalue weighted by atomic mass is 14.8. The first-order chi connectivity index (χ1) is 9.86. The maximum Gasteiger partial charge on any atom is 0.0894 e. The Morgan fingerprint density at radius 2 is 1.65 bits per heavy atom. The molecule has 3 rings (SSSR count). The molecule has 2 heteroatoms. The van der Waals surface area contributed by atoms with Crippen molar-refractivity contribution in [3.05, 3.63) is 60.3 Å². The van der Waals surface area contributed by atoms with E-state index in [1.54, 1.807) is 0 Å². The predicted molar refractivity (Wildman–Crippen MR) is 83.6 cm³/mol. The molecule has 0 aliphatic heterocycles. The van der Waals surface area contributed by atoms with Crippen molar-refractivity contribution < 1.29 is 0 Å². The summed E-state index contributed by atoms with van der Waals surface area (Å²) in [5.41, 5.74) is 5.34. The average Bonchev–Trinajstić information content (AvgIpc) is 2.53. The molecule has 0 bridgehead atoms. The van der Waals surface area contributed by atoms with Crippen molar-refractivity contribution in [2.24, 2.45) is 0 Å². The minimum Gasteiger partial charge on any atom is -0.252 e. The summed E-state index contributed by atoms with van der Waals surface area (Å²) < 4.78 is 0. The van der Waals surface area contributed by atoms with Crippen molar-refractivity contribution in [3.63, 3.8) is 0 Å². The summed E-state index contributed by atoms with van der Waals surface area (Å²) >= 11 is 0. The standard InChI is InChI=1S/C18H18N2/c1-2-3-6-14-9-11-15(12-10-14)18-13-19-16-7-4-5-8-17(16)20-18/h4-5,7-13H,2-3,6H2,1H3. The van der Waals surface area contributed by atoms with Crippen LogP contribution in [0.25, 0.3) is 22.3 Å². The second-order valence-electron chi connectivity index (χ2n) is 5.04. The van der Waals surface area contributed by atoms with Crippen LogP contribution in [0, 0.1) is 0 Å². The van der Waals surface area contributed by atoms with Crippen LogP contribution in [0.3, 0.4) is 0 Å². The third kappa shape index (κ3) is 2.69.